The first-order chi connectivity index (χ1) is 5.74. The number of hydrogen-bond donors (Lipinski definition) is 1. The van der Waals surface area contributed by atoms with E-state index < -0.39 is 6.10 Å². The van der Waals surface area contributed by atoms with Crippen molar-refractivity contribution in [3.63, 3.8) is 0 Å². The minimum atomic E-state index is -0.630. The summed E-state index contributed by atoms with van der Waals surface area (Å²) in [6.07, 6.45) is 4.75. The first-order valence-electron chi connectivity index (χ1n) is 3.79. The molecule has 0 saturated heterocycles. The third-order valence-electron chi connectivity index (χ3n) is 1.56. The molecule has 1 rings (SSSR count). The molecule has 1 aromatic rings. The fraction of sp³-hybridized carbons (Fsp3) is 0.300. The van der Waals surface area contributed by atoms with Crippen LogP contribution in [0.4, 0.5) is 0 Å². The van der Waals surface area contributed by atoms with Crippen LogP contribution in [0.15, 0.2) is 18.2 Å². The lowest BCUT2D eigenvalue weighted by atomic mass is 10.1. The van der Waals surface area contributed by atoms with Gasteiger partial charge in [0.2, 0.25) is 0 Å². The second-order valence-electron chi connectivity index (χ2n) is 2.63. The van der Waals surface area contributed by atoms with E-state index in [1.54, 1.807) is 6.07 Å². The van der Waals surface area contributed by atoms with Gasteiger partial charge in [-0.15, -0.1) is 12.3 Å². The molecule has 0 bridgehead atoms. The zero-order valence-corrected chi connectivity index (χ0v) is 6.99. The fourth-order valence-corrected chi connectivity index (χ4v) is 0.966. The van der Waals surface area contributed by atoms with Crippen LogP contribution < -0.4 is 0 Å². The van der Waals surface area contributed by atoms with Crippen LogP contribution in [0.2, 0.25) is 0 Å². The van der Waals surface area contributed by atoms with E-state index >= 15 is 0 Å². The number of pyridine rings is 1. The van der Waals surface area contributed by atoms with Crippen molar-refractivity contribution in [3.05, 3.63) is 29.6 Å². The minimum Gasteiger partial charge on any atom is -0.386 e. The molecule has 0 aliphatic heterocycles. The van der Waals surface area contributed by atoms with Crippen molar-refractivity contribution >= 4 is 0 Å². The van der Waals surface area contributed by atoms with Crippen LogP contribution in [-0.4, -0.2) is 10.1 Å². The molecule has 0 aromatic carbocycles. The summed E-state index contributed by atoms with van der Waals surface area (Å²) < 4.78 is 0. The summed E-state index contributed by atoms with van der Waals surface area (Å²) in [5, 5.41) is 9.44. The maximum Gasteiger partial charge on any atom is 0.107 e. The normalized spacial score (nSPS) is 12.1. The topological polar surface area (TPSA) is 33.1 Å². The molecule has 2 nitrogen and oxygen atoms in total. The van der Waals surface area contributed by atoms with E-state index in [1.807, 2.05) is 19.1 Å². The van der Waals surface area contributed by atoms with Crippen molar-refractivity contribution in [1.82, 2.24) is 4.98 Å². The van der Waals surface area contributed by atoms with E-state index in [4.69, 9.17) is 6.42 Å². The maximum absolute atomic E-state index is 9.44. The Morgan fingerprint density at radius 3 is 3.00 bits per heavy atom. The Balaban J connectivity index is 2.82. The molecule has 2 heteroatoms. The molecule has 0 aliphatic carbocycles. The Kier molecular flexibility index (Phi) is 2.84. The summed E-state index contributed by atoms with van der Waals surface area (Å²) >= 11 is 0. The largest absolute Gasteiger partial charge is 0.386 e. The monoisotopic (exact) mass is 161 g/mol. The molecule has 0 aliphatic rings. The van der Waals surface area contributed by atoms with Gasteiger partial charge in [0.1, 0.15) is 6.10 Å². The summed E-state index contributed by atoms with van der Waals surface area (Å²) in [5.41, 5.74) is 1.54. The highest BCUT2D eigenvalue weighted by Gasteiger charge is 2.06. The van der Waals surface area contributed by atoms with Gasteiger partial charge in [-0.05, 0) is 19.1 Å². The molecular formula is C10H11NO. The summed E-state index contributed by atoms with van der Waals surface area (Å²) in [6, 6.07) is 5.51. The van der Waals surface area contributed by atoms with Crippen LogP contribution in [0.3, 0.4) is 0 Å². The van der Waals surface area contributed by atoms with E-state index in [2.05, 4.69) is 10.9 Å². The number of aliphatic hydroxyl groups is 1. The average molecular weight is 161 g/mol. The first kappa shape index (κ1) is 8.76. The predicted octanol–water partition coefficient (Wildman–Crippen LogP) is 1.45. The maximum atomic E-state index is 9.44. The second kappa shape index (κ2) is 3.89. The van der Waals surface area contributed by atoms with Crippen molar-refractivity contribution in [2.75, 3.05) is 0 Å². The Morgan fingerprint density at radius 2 is 2.42 bits per heavy atom. The van der Waals surface area contributed by atoms with Gasteiger partial charge in [-0.3, -0.25) is 4.98 Å². The standard InChI is InChI=1S/C10H11NO/c1-3-5-10(12)9-7-4-6-8(2)11-9/h1,4,6-7,10,12H,5H2,2H3. The average Bonchev–Trinajstić information content (AvgIpc) is 2.05. The van der Waals surface area contributed by atoms with Gasteiger partial charge >= 0.3 is 0 Å². The van der Waals surface area contributed by atoms with Crippen molar-refractivity contribution < 1.29 is 5.11 Å². The molecule has 1 heterocycles. The smallest absolute Gasteiger partial charge is 0.107 e. The molecule has 0 amide bonds. The molecule has 0 spiro atoms. The molecule has 1 atom stereocenters. The zero-order valence-electron chi connectivity index (χ0n) is 6.99. The van der Waals surface area contributed by atoms with Gasteiger partial charge in [0.25, 0.3) is 0 Å². The lowest BCUT2D eigenvalue weighted by Crippen LogP contribution is -1.99. The molecule has 62 valence electrons. The Labute approximate surface area is 72.3 Å². The molecule has 1 aromatic heterocycles. The number of nitrogens with zero attached hydrogens (tertiary/aromatic N) is 1. The van der Waals surface area contributed by atoms with Gasteiger partial charge < -0.3 is 5.11 Å². The van der Waals surface area contributed by atoms with E-state index in [0.29, 0.717) is 12.1 Å². The fourth-order valence-electron chi connectivity index (χ4n) is 0.966. The lowest BCUT2D eigenvalue weighted by Gasteiger charge is -2.06. The molecular weight excluding hydrogens is 150 g/mol. The Hall–Kier alpha value is -1.33. The second-order valence-corrected chi connectivity index (χ2v) is 2.63. The van der Waals surface area contributed by atoms with Crippen LogP contribution >= 0.6 is 0 Å². The Bertz CT molecular complexity index is 301. The van der Waals surface area contributed by atoms with E-state index in [0.717, 1.165) is 5.69 Å². The highest BCUT2D eigenvalue weighted by Crippen LogP contribution is 2.12. The van der Waals surface area contributed by atoms with Crippen LogP contribution in [0.25, 0.3) is 0 Å². The first-order valence-corrected chi connectivity index (χ1v) is 3.79. The van der Waals surface area contributed by atoms with Gasteiger partial charge in [0.05, 0.1) is 5.69 Å². The van der Waals surface area contributed by atoms with E-state index in [-0.39, 0.29) is 0 Å². The van der Waals surface area contributed by atoms with Crippen molar-refractivity contribution in [2.45, 2.75) is 19.4 Å². The third kappa shape index (κ3) is 2.08. The van der Waals surface area contributed by atoms with Crippen LogP contribution in [0, 0.1) is 19.3 Å². The van der Waals surface area contributed by atoms with Gasteiger partial charge in [-0.2, -0.15) is 0 Å². The number of aromatic nitrogens is 1. The quantitative estimate of drug-likeness (QED) is 0.666. The molecule has 1 unspecified atom stereocenters. The van der Waals surface area contributed by atoms with Crippen LogP contribution in [0.5, 0.6) is 0 Å². The van der Waals surface area contributed by atoms with Crippen LogP contribution in [-0.2, 0) is 0 Å². The highest BCUT2D eigenvalue weighted by molar-refractivity contribution is 5.13. The van der Waals surface area contributed by atoms with Crippen LogP contribution in [0.1, 0.15) is 23.9 Å². The minimum absolute atomic E-state index is 0.316. The third-order valence-corrected chi connectivity index (χ3v) is 1.56. The van der Waals surface area contributed by atoms with E-state index in [1.165, 1.54) is 0 Å². The van der Waals surface area contributed by atoms with Gasteiger partial charge in [-0.25, -0.2) is 0 Å². The number of aliphatic hydroxyl groups excluding tert-OH is 1. The van der Waals surface area contributed by atoms with Crippen molar-refractivity contribution in [3.8, 4) is 12.3 Å². The SMILES string of the molecule is C#CCC(O)c1cccc(C)n1. The predicted molar refractivity (Wildman–Crippen MR) is 47.4 cm³/mol. The summed E-state index contributed by atoms with van der Waals surface area (Å²) in [7, 11) is 0. The number of hydrogen-bond acceptors (Lipinski definition) is 2. The Morgan fingerprint density at radius 1 is 1.67 bits per heavy atom. The van der Waals surface area contributed by atoms with Gasteiger partial charge in [0, 0.05) is 12.1 Å². The number of rotatable bonds is 2. The molecule has 1 N–H and O–H groups in total. The zero-order chi connectivity index (χ0) is 8.97. The van der Waals surface area contributed by atoms with Gasteiger partial charge in [-0.1, -0.05) is 6.07 Å². The molecule has 0 radical (unpaired) electrons. The summed E-state index contributed by atoms with van der Waals surface area (Å²) in [4.78, 5) is 4.15. The highest BCUT2D eigenvalue weighted by atomic mass is 16.3. The molecule has 0 saturated carbocycles. The molecule has 12 heavy (non-hydrogen) atoms. The lowest BCUT2D eigenvalue weighted by molar-refractivity contribution is 0.179. The summed E-state index contributed by atoms with van der Waals surface area (Å²) in [6.45, 7) is 1.88. The van der Waals surface area contributed by atoms with Crippen molar-refractivity contribution in [2.24, 2.45) is 0 Å². The van der Waals surface area contributed by atoms with E-state index in [9.17, 15) is 5.11 Å². The number of terminal acetylenes is 1. The molecule has 0 fully saturated rings. The van der Waals surface area contributed by atoms with Crippen molar-refractivity contribution in [1.29, 1.82) is 0 Å². The number of aryl methyl sites for hydroxylation is 1. The van der Waals surface area contributed by atoms with Gasteiger partial charge in [0.15, 0.2) is 0 Å². The summed E-state index contributed by atoms with van der Waals surface area (Å²) in [5.74, 6) is 2.40.